The van der Waals surface area contributed by atoms with E-state index in [1.165, 1.54) is 16.4 Å². The quantitative estimate of drug-likeness (QED) is 0.573. The lowest BCUT2D eigenvalue weighted by atomic mass is 9.85. The Hall–Kier alpha value is -2.50. The van der Waals surface area contributed by atoms with Gasteiger partial charge in [-0.1, -0.05) is 24.3 Å². The van der Waals surface area contributed by atoms with Crippen LogP contribution in [0.1, 0.15) is 48.0 Å². The highest BCUT2D eigenvalue weighted by Crippen LogP contribution is 2.35. The molecule has 2 aliphatic rings. The molecule has 2 N–H and O–H groups in total. The van der Waals surface area contributed by atoms with Gasteiger partial charge in [0.15, 0.2) is 6.29 Å². The number of carbonyl (C=O) groups excluding carboxylic acids is 1. The lowest BCUT2D eigenvalue weighted by Gasteiger charge is -2.38. The minimum Gasteiger partial charge on any atom is -0.497 e. The van der Waals surface area contributed by atoms with Crippen molar-refractivity contribution in [3.8, 4) is 5.75 Å². The van der Waals surface area contributed by atoms with Crippen LogP contribution in [0.25, 0.3) is 0 Å². The summed E-state index contributed by atoms with van der Waals surface area (Å²) in [5, 5.41) is 11.1. The van der Waals surface area contributed by atoms with Gasteiger partial charge in [0.05, 0.1) is 23.2 Å². The molecular formula is C24H30N2O7S. The van der Waals surface area contributed by atoms with Gasteiger partial charge in [-0.05, 0) is 55.5 Å². The molecule has 10 heteroatoms. The molecule has 2 fully saturated rings. The number of piperidine rings is 1. The maximum absolute atomic E-state index is 13.4. The molecule has 184 valence electrons. The summed E-state index contributed by atoms with van der Waals surface area (Å²) < 4.78 is 38.8. The van der Waals surface area contributed by atoms with Crippen molar-refractivity contribution in [2.45, 2.75) is 48.9 Å². The summed E-state index contributed by atoms with van der Waals surface area (Å²) in [6.07, 6.45) is 2.45. The minimum atomic E-state index is -3.97. The van der Waals surface area contributed by atoms with Crippen LogP contribution in [0.4, 0.5) is 0 Å². The summed E-state index contributed by atoms with van der Waals surface area (Å²) in [7, 11) is -2.40. The van der Waals surface area contributed by atoms with Crippen LogP contribution in [-0.4, -0.2) is 56.8 Å². The molecule has 0 aromatic heterocycles. The molecule has 2 aromatic carbocycles. The lowest BCUT2D eigenvalue weighted by molar-refractivity contribution is -0.186. The zero-order chi connectivity index (χ0) is 24.2. The van der Waals surface area contributed by atoms with Gasteiger partial charge in [-0.25, -0.2) is 18.7 Å². The van der Waals surface area contributed by atoms with Gasteiger partial charge in [0.1, 0.15) is 5.75 Å². The maximum atomic E-state index is 13.4. The molecule has 2 aliphatic heterocycles. The fourth-order valence-electron chi connectivity index (χ4n) is 4.28. The standard InChI is InChI=1S/C24H30N2O7S/c1-31-19-11-9-18(10-12-19)24(28)13-15-26(16-14-24)34(29,30)21-7-3-2-6-20(21)23(27)25-33-22-8-4-5-17-32-22/h2-3,6-7,9-12,22,28H,4-5,8,13-17H2,1H3,(H,25,27). The van der Waals surface area contributed by atoms with Crippen molar-refractivity contribution in [1.29, 1.82) is 0 Å². The Morgan fingerprint density at radius 1 is 1.12 bits per heavy atom. The smallest absolute Gasteiger partial charge is 0.276 e. The number of nitrogens with zero attached hydrogens (tertiary/aromatic N) is 1. The van der Waals surface area contributed by atoms with Crippen molar-refractivity contribution in [3.63, 3.8) is 0 Å². The summed E-state index contributed by atoms with van der Waals surface area (Å²) >= 11 is 0. The van der Waals surface area contributed by atoms with Gasteiger partial charge >= 0.3 is 0 Å². The van der Waals surface area contributed by atoms with E-state index in [4.69, 9.17) is 14.3 Å². The Balaban J connectivity index is 1.45. The summed E-state index contributed by atoms with van der Waals surface area (Å²) in [6, 6.07) is 13.2. The van der Waals surface area contributed by atoms with E-state index in [-0.39, 0.29) is 36.4 Å². The highest BCUT2D eigenvalue weighted by atomic mass is 32.2. The van der Waals surface area contributed by atoms with E-state index in [9.17, 15) is 18.3 Å². The fraction of sp³-hybridized carbons (Fsp3) is 0.458. The van der Waals surface area contributed by atoms with E-state index in [2.05, 4.69) is 5.48 Å². The van der Waals surface area contributed by atoms with Crippen molar-refractivity contribution in [2.24, 2.45) is 0 Å². The van der Waals surface area contributed by atoms with Crippen molar-refractivity contribution >= 4 is 15.9 Å². The van der Waals surface area contributed by atoms with E-state index in [1.54, 1.807) is 43.5 Å². The number of hydrogen-bond donors (Lipinski definition) is 2. The molecule has 0 spiro atoms. The van der Waals surface area contributed by atoms with Crippen LogP contribution in [0, 0.1) is 0 Å². The Morgan fingerprint density at radius 2 is 1.82 bits per heavy atom. The third-order valence-electron chi connectivity index (χ3n) is 6.35. The number of amides is 1. The van der Waals surface area contributed by atoms with Crippen molar-refractivity contribution in [3.05, 3.63) is 59.7 Å². The monoisotopic (exact) mass is 490 g/mol. The van der Waals surface area contributed by atoms with E-state index < -0.39 is 27.8 Å². The van der Waals surface area contributed by atoms with Gasteiger partial charge in [-0.3, -0.25) is 4.79 Å². The number of carbonyl (C=O) groups is 1. The Labute approximate surface area is 199 Å². The topological polar surface area (TPSA) is 114 Å². The highest BCUT2D eigenvalue weighted by molar-refractivity contribution is 7.89. The van der Waals surface area contributed by atoms with Gasteiger partial charge in [0, 0.05) is 26.1 Å². The second-order valence-electron chi connectivity index (χ2n) is 8.51. The summed E-state index contributed by atoms with van der Waals surface area (Å²) in [5.74, 6) is 0.0290. The Bertz CT molecular complexity index is 1090. The van der Waals surface area contributed by atoms with E-state index in [0.717, 1.165) is 12.8 Å². The summed E-state index contributed by atoms with van der Waals surface area (Å²) in [4.78, 5) is 18.0. The molecule has 1 amide bonds. The summed E-state index contributed by atoms with van der Waals surface area (Å²) in [5.41, 5.74) is 1.90. The molecule has 0 bridgehead atoms. The normalized spacial score (nSPS) is 21.1. The fourth-order valence-corrected chi connectivity index (χ4v) is 5.91. The zero-order valence-electron chi connectivity index (χ0n) is 19.1. The molecule has 9 nitrogen and oxygen atoms in total. The highest BCUT2D eigenvalue weighted by Gasteiger charge is 2.39. The molecule has 1 atom stereocenters. The van der Waals surface area contributed by atoms with Gasteiger partial charge in [-0.2, -0.15) is 4.31 Å². The first-order valence-electron chi connectivity index (χ1n) is 11.4. The molecule has 4 rings (SSSR count). The van der Waals surface area contributed by atoms with Gasteiger partial charge in [0.2, 0.25) is 10.0 Å². The number of rotatable bonds is 7. The first-order chi connectivity index (χ1) is 16.3. The molecule has 0 aliphatic carbocycles. The largest absolute Gasteiger partial charge is 0.497 e. The average molecular weight is 491 g/mol. The number of ether oxygens (including phenoxy) is 2. The average Bonchev–Trinajstić information content (AvgIpc) is 2.88. The molecular weight excluding hydrogens is 460 g/mol. The number of aliphatic hydroxyl groups is 1. The molecule has 2 aromatic rings. The number of methoxy groups -OCH3 is 1. The molecule has 2 saturated heterocycles. The number of hydroxylamine groups is 1. The van der Waals surface area contributed by atoms with Crippen LogP contribution >= 0.6 is 0 Å². The molecule has 1 unspecified atom stereocenters. The van der Waals surface area contributed by atoms with Crippen LogP contribution < -0.4 is 10.2 Å². The number of sulfonamides is 1. The van der Waals surface area contributed by atoms with E-state index >= 15 is 0 Å². The Morgan fingerprint density at radius 3 is 2.47 bits per heavy atom. The molecule has 0 saturated carbocycles. The van der Waals surface area contributed by atoms with Crippen molar-refractivity contribution < 1.29 is 32.6 Å². The van der Waals surface area contributed by atoms with Crippen LogP contribution in [0.15, 0.2) is 53.4 Å². The van der Waals surface area contributed by atoms with Crippen LogP contribution in [-0.2, 0) is 25.2 Å². The van der Waals surface area contributed by atoms with E-state index in [1.807, 2.05) is 0 Å². The van der Waals surface area contributed by atoms with Crippen LogP contribution in [0.5, 0.6) is 5.75 Å². The van der Waals surface area contributed by atoms with Gasteiger partial charge in [-0.15, -0.1) is 0 Å². The Kier molecular flexibility index (Phi) is 7.54. The zero-order valence-corrected chi connectivity index (χ0v) is 19.9. The van der Waals surface area contributed by atoms with Crippen LogP contribution in [0.2, 0.25) is 0 Å². The lowest BCUT2D eigenvalue weighted by Crippen LogP contribution is -2.45. The second-order valence-corrected chi connectivity index (χ2v) is 10.4. The summed E-state index contributed by atoms with van der Waals surface area (Å²) in [6.45, 7) is 0.795. The number of nitrogens with one attached hydrogen (secondary N) is 1. The predicted octanol–water partition coefficient (Wildman–Crippen LogP) is 2.56. The molecule has 0 radical (unpaired) electrons. The number of hydrogen-bond acceptors (Lipinski definition) is 7. The van der Waals surface area contributed by atoms with Crippen LogP contribution in [0.3, 0.4) is 0 Å². The van der Waals surface area contributed by atoms with Crippen molar-refractivity contribution in [1.82, 2.24) is 9.79 Å². The third-order valence-corrected chi connectivity index (χ3v) is 8.30. The SMILES string of the molecule is COc1ccc(C2(O)CCN(S(=O)(=O)c3ccccc3C(=O)NOC3CCCCO3)CC2)cc1. The van der Waals surface area contributed by atoms with Crippen molar-refractivity contribution in [2.75, 3.05) is 26.8 Å². The van der Waals surface area contributed by atoms with Gasteiger partial charge in [0.25, 0.3) is 5.91 Å². The second kappa shape index (κ2) is 10.4. The molecule has 34 heavy (non-hydrogen) atoms. The minimum absolute atomic E-state index is 0.00528. The number of benzene rings is 2. The molecule has 2 heterocycles. The first-order valence-corrected chi connectivity index (χ1v) is 12.8. The van der Waals surface area contributed by atoms with Gasteiger partial charge < -0.3 is 14.6 Å². The van der Waals surface area contributed by atoms with E-state index in [0.29, 0.717) is 24.3 Å². The predicted molar refractivity (Wildman–Crippen MR) is 123 cm³/mol. The first kappa shape index (κ1) is 24.6. The maximum Gasteiger partial charge on any atom is 0.276 e. The third kappa shape index (κ3) is 5.26.